The second kappa shape index (κ2) is 13.3. The average molecular weight is 681 g/mol. The third kappa shape index (κ3) is 6.02. The Balaban J connectivity index is 0.822. The van der Waals surface area contributed by atoms with Gasteiger partial charge in [-0.3, -0.25) is 14.5 Å². The van der Waals surface area contributed by atoms with Gasteiger partial charge in [0.05, 0.1) is 12.7 Å². The Morgan fingerprint density at radius 1 is 0.816 bits per heavy atom. The molecule has 4 saturated heterocycles. The molecular weight excluding hydrogens is 612 g/mol. The van der Waals surface area contributed by atoms with E-state index in [1.54, 1.807) is 0 Å². The summed E-state index contributed by atoms with van der Waals surface area (Å²) in [6.07, 6.45) is 15.0. The van der Waals surface area contributed by atoms with Crippen LogP contribution in [0.4, 0.5) is 0 Å². The summed E-state index contributed by atoms with van der Waals surface area (Å²) < 4.78 is 13.6. The molecule has 0 bridgehead atoms. The minimum absolute atomic E-state index is 0.00641. The first-order chi connectivity index (χ1) is 23.5. The topological polar surface area (TPSA) is 74.4 Å². The summed E-state index contributed by atoms with van der Waals surface area (Å²) in [6.45, 7) is 20.0. The second-order valence-corrected chi connectivity index (χ2v) is 19.0. The summed E-state index contributed by atoms with van der Waals surface area (Å²) in [5.74, 6) is 4.40. The van der Waals surface area contributed by atoms with Gasteiger partial charge in [-0.15, -0.1) is 0 Å². The fourth-order valence-electron chi connectivity index (χ4n) is 13.9. The number of hydrogen-bond acceptors (Lipinski definition) is 6. The molecule has 2 unspecified atom stereocenters. The molecule has 0 aromatic heterocycles. The van der Waals surface area contributed by atoms with E-state index in [0.29, 0.717) is 46.6 Å². The molecule has 0 aromatic carbocycles. The molecule has 4 aliphatic heterocycles. The minimum atomic E-state index is -0.329. The van der Waals surface area contributed by atoms with Crippen LogP contribution in [0.2, 0.25) is 0 Å². The summed E-state index contributed by atoms with van der Waals surface area (Å²) in [5.41, 5.74) is 0.726. The predicted octanol–water partition coefficient (Wildman–Crippen LogP) is 5.94. The van der Waals surface area contributed by atoms with Gasteiger partial charge in [-0.05, 0) is 137 Å². The van der Waals surface area contributed by atoms with E-state index in [1.807, 2.05) is 4.90 Å². The van der Waals surface area contributed by atoms with Crippen molar-refractivity contribution in [3.05, 3.63) is 0 Å². The fourth-order valence-corrected chi connectivity index (χ4v) is 13.9. The van der Waals surface area contributed by atoms with E-state index in [9.17, 15) is 9.59 Å². The molecule has 8 aliphatic rings. The van der Waals surface area contributed by atoms with E-state index in [2.05, 4.69) is 49.7 Å². The number of piperazine rings is 1. The average Bonchev–Trinajstić information content (AvgIpc) is 3.55. The summed E-state index contributed by atoms with van der Waals surface area (Å²) in [6, 6.07) is 0.862. The monoisotopic (exact) mass is 681 g/mol. The smallest absolute Gasteiger partial charge is 0.232 e. The van der Waals surface area contributed by atoms with Crippen molar-refractivity contribution in [2.75, 3.05) is 52.4 Å². The number of fused-ring (bicyclic) bond motifs is 7. The largest absolute Gasteiger partial charge is 0.353 e. The van der Waals surface area contributed by atoms with Crippen LogP contribution in [0.3, 0.4) is 0 Å². The molecule has 0 radical (unpaired) electrons. The molecule has 2 amide bonds. The van der Waals surface area contributed by atoms with E-state index in [0.717, 1.165) is 76.3 Å². The molecular formula is C41H68N4O4. The minimum Gasteiger partial charge on any atom is -0.353 e. The zero-order chi connectivity index (χ0) is 34.1. The Labute approximate surface area is 297 Å². The highest BCUT2D eigenvalue weighted by Gasteiger charge is 2.69. The van der Waals surface area contributed by atoms with Crippen LogP contribution < -0.4 is 5.32 Å². The van der Waals surface area contributed by atoms with Crippen molar-refractivity contribution in [1.29, 1.82) is 0 Å². The molecule has 49 heavy (non-hydrogen) atoms. The highest BCUT2D eigenvalue weighted by molar-refractivity contribution is 5.97. The normalized spacial score (nSPS) is 47.7. The van der Waals surface area contributed by atoms with Crippen molar-refractivity contribution < 1.29 is 19.1 Å². The molecule has 276 valence electrons. The van der Waals surface area contributed by atoms with Crippen molar-refractivity contribution in [3.8, 4) is 0 Å². The number of amides is 2. The first kappa shape index (κ1) is 34.8. The van der Waals surface area contributed by atoms with Gasteiger partial charge in [-0.2, -0.15) is 0 Å². The Morgan fingerprint density at radius 3 is 2.29 bits per heavy atom. The van der Waals surface area contributed by atoms with Gasteiger partial charge in [-0.1, -0.05) is 34.6 Å². The number of likely N-dealkylation sites (tertiary alicyclic amines) is 1. The Morgan fingerprint density at radius 2 is 1.57 bits per heavy atom. The number of carbonyl (C=O) groups is 2. The standard InChI is InChI=1S/C41H68N4O4/c1-6-43-17-12-31(13-18-43)44-19-21-45(22-20-44)37(47)25-36(46)42-30-10-14-39(4)29(23-30)7-8-32-33(39)11-15-40(5)34(32)24-35-38(40)28(3)41(49-35)16-9-27(2)26-48-41/h27-35,38H,6-26H2,1-5H3,(H,42,46)/t27-,28-,29+,30?,32+,33?,34-,35-,38-,39-,40-,41+/m0/s1. The molecule has 1 N–H and O–H groups in total. The molecule has 0 aromatic rings. The number of ether oxygens (including phenoxy) is 2. The van der Waals surface area contributed by atoms with Crippen molar-refractivity contribution in [3.63, 3.8) is 0 Å². The molecule has 4 saturated carbocycles. The maximum absolute atomic E-state index is 13.2. The quantitative estimate of drug-likeness (QED) is 0.363. The van der Waals surface area contributed by atoms with E-state index in [-0.39, 0.29) is 30.1 Å². The third-order valence-electron chi connectivity index (χ3n) is 16.8. The van der Waals surface area contributed by atoms with E-state index >= 15 is 0 Å². The van der Waals surface area contributed by atoms with Crippen LogP contribution in [0.5, 0.6) is 0 Å². The number of carbonyl (C=O) groups excluding carboxylic acids is 2. The van der Waals surface area contributed by atoms with Crippen LogP contribution in [0.25, 0.3) is 0 Å². The lowest BCUT2D eigenvalue weighted by atomic mass is 9.44. The summed E-state index contributed by atoms with van der Waals surface area (Å²) in [5, 5.41) is 3.36. The molecule has 4 heterocycles. The van der Waals surface area contributed by atoms with Gasteiger partial charge < -0.3 is 24.6 Å². The number of rotatable bonds is 5. The predicted molar refractivity (Wildman–Crippen MR) is 192 cm³/mol. The van der Waals surface area contributed by atoms with Gasteiger partial charge in [0, 0.05) is 50.6 Å². The van der Waals surface area contributed by atoms with Gasteiger partial charge in [-0.25, -0.2) is 0 Å². The summed E-state index contributed by atoms with van der Waals surface area (Å²) >= 11 is 0. The fraction of sp³-hybridized carbons (Fsp3) is 0.951. The Hall–Kier alpha value is -1.22. The maximum atomic E-state index is 13.2. The molecule has 12 atom stereocenters. The third-order valence-corrected chi connectivity index (χ3v) is 16.8. The van der Waals surface area contributed by atoms with Crippen LogP contribution in [-0.4, -0.2) is 103 Å². The molecule has 8 nitrogen and oxygen atoms in total. The SMILES string of the molecule is CCN1CCC(N2CCN(C(=O)CC(=O)NC3CC[C@]4(C)C5CC[C@]6(C)[C@@H]7[C@H](C[C@H]6[C@@H]5CC[C@@H]4C3)O[C@]3(CC[C@H](C)CO3)[C@H]7C)CC2)CC1. The van der Waals surface area contributed by atoms with E-state index in [4.69, 9.17) is 9.47 Å². The number of piperidine rings is 1. The van der Waals surface area contributed by atoms with Crippen molar-refractivity contribution >= 4 is 11.8 Å². The van der Waals surface area contributed by atoms with Gasteiger partial charge >= 0.3 is 0 Å². The number of nitrogens with one attached hydrogen (secondary N) is 1. The first-order valence-electron chi connectivity index (χ1n) is 20.9. The van der Waals surface area contributed by atoms with Crippen molar-refractivity contribution in [1.82, 2.24) is 20.0 Å². The maximum Gasteiger partial charge on any atom is 0.232 e. The summed E-state index contributed by atoms with van der Waals surface area (Å²) in [4.78, 5) is 33.5. The van der Waals surface area contributed by atoms with E-state index in [1.165, 1.54) is 70.9 Å². The van der Waals surface area contributed by atoms with Gasteiger partial charge in [0.2, 0.25) is 11.8 Å². The van der Waals surface area contributed by atoms with Gasteiger partial charge in [0.15, 0.2) is 5.79 Å². The summed E-state index contributed by atoms with van der Waals surface area (Å²) in [7, 11) is 0. The highest BCUT2D eigenvalue weighted by atomic mass is 16.7. The van der Waals surface area contributed by atoms with Gasteiger partial charge in [0.25, 0.3) is 0 Å². The van der Waals surface area contributed by atoms with E-state index < -0.39 is 0 Å². The van der Waals surface area contributed by atoms with Crippen LogP contribution in [0.1, 0.15) is 118 Å². The van der Waals surface area contributed by atoms with Crippen LogP contribution >= 0.6 is 0 Å². The second-order valence-electron chi connectivity index (χ2n) is 19.0. The Kier molecular flexibility index (Phi) is 9.47. The molecule has 8 fully saturated rings. The molecule has 8 rings (SSSR count). The lowest BCUT2D eigenvalue weighted by molar-refractivity contribution is -0.273. The Bertz CT molecular complexity index is 1220. The van der Waals surface area contributed by atoms with Crippen molar-refractivity contribution in [2.45, 2.75) is 142 Å². The zero-order valence-corrected chi connectivity index (χ0v) is 31.6. The van der Waals surface area contributed by atoms with Crippen molar-refractivity contribution in [2.24, 2.45) is 52.3 Å². The van der Waals surface area contributed by atoms with Crippen LogP contribution in [-0.2, 0) is 19.1 Å². The van der Waals surface area contributed by atoms with Crippen LogP contribution in [0.15, 0.2) is 0 Å². The molecule has 8 heteroatoms. The van der Waals surface area contributed by atoms with Crippen LogP contribution in [0, 0.1) is 52.3 Å². The molecule has 1 spiro atoms. The number of nitrogens with zero attached hydrogens (tertiary/aromatic N) is 3. The first-order valence-corrected chi connectivity index (χ1v) is 20.9. The van der Waals surface area contributed by atoms with Gasteiger partial charge in [0.1, 0.15) is 6.42 Å². The number of hydrogen-bond donors (Lipinski definition) is 1. The lowest BCUT2D eigenvalue weighted by Gasteiger charge is -2.61. The highest BCUT2D eigenvalue weighted by Crippen LogP contribution is 2.71. The zero-order valence-electron chi connectivity index (χ0n) is 31.6. The molecule has 4 aliphatic carbocycles. The lowest BCUT2D eigenvalue weighted by Crippen LogP contribution is -2.56.